The van der Waals surface area contributed by atoms with Crippen LogP contribution in [0.15, 0.2) is 67.1 Å². The lowest BCUT2D eigenvalue weighted by molar-refractivity contribution is 0.132. The molecule has 0 atom stereocenters. The van der Waals surface area contributed by atoms with E-state index in [2.05, 4.69) is 34.1 Å². The quantitative estimate of drug-likeness (QED) is 0.642. The topological polar surface area (TPSA) is 50.6 Å². The van der Waals surface area contributed by atoms with Crippen molar-refractivity contribution < 1.29 is 9.53 Å². The van der Waals surface area contributed by atoms with Crippen molar-refractivity contribution in [1.82, 2.24) is 19.4 Å². The summed E-state index contributed by atoms with van der Waals surface area (Å²) in [6, 6.07) is 18.4. The molecule has 0 saturated carbocycles. The van der Waals surface area contributed by atoms with Crippen LogP contribution in [0.25, 0.3) is 11.3 Å². The molecular formula is C24H28N4O2. The van der Waals surface area contributed by atoms with E-state index in [-0.39, 0.29) is 12.1 Å². The molecule has 2 heterocycles. The van der Waals surface area contributed by atoms with Crippen LogP contribution in [0.5, 0.6) is 5.75 Å². The van der Waals surface area contributed by atoms with E-state index < -0.39 is 0 Å². The maximum absolute atomic E-state index is 13.0. The number of imidazole rings is 1. The third-order valence-corrected chi connectivity index (χ3v) is 5.84. The van der Waals surface area contributed by atoms with E-state index in [0.29, 0.717) is 0 Å². The van der Waals surface area contributed by atoms with E-state index in [1.807, 2.05) is 42.3 Å². The third-order valence-electron chi connectivity index (χ3n) is 5.84. The predicted octanol–water partition coefficient (Wildman–Crippen LogP) is 4.12. The molecule has 1 aromatic heterocycles. The molecule has 0 N–H and O–H groups in total. The van der Waals surface area contributed by atoms with Gasteiger partial charge in [-0.25, -0.2) is 9.78 Å². The molecule has 2 aromatic carbocycles. The molecule has 0 aliphatic carbocycles. The summed E-state index contributed by atoms with van der Waals surface area (Å²) in [5.74, 6) is 0.799. The molecule has 30 heavy (non-hydrogen) atoms. The van der Waals surface area contributed by atoms with Crippen LogP contribution >= 0.6 is 0 Å². The smallest absolute Gasteiger partial charge is 0.329 e. The van der Waals surface area contributed by atoms with Crippen molar-refractivity contribution in [3.05, 3.63) is 72.7 Å². The average Bonchev–Trinajstić information content (AvgIpc) is 3.30. The molecular weight excluding hydrogens is 376 g/mol. The van der Waals surface area contributed by atoms with E-state index in [0.717, 1.165) is 49.5 Å². The second-order valence-corrected chi connectivity index (χ2v) is 7.78. The van der Waals surface area contributed by atoms with Crippen molar-refractivity contribution >= 4 is 6.03 Å². The fourth-order valence-electron chi connectivity index (χ4n) is 3.98. The number of hydrogen-bond acceptors (Lipinski definition) is 4. The van der Waals surface area contributed by atoms with Crippen LogP contribution < -0.4 is 4.74 Å². The first-order chi connectivity index (χ1) is 14.6. The first-order valence-electron chi connectivity index (χ1n) is 10.4. The molecule has 0 bridgehead atoms. The minimum absolute atomic E-state index is 0.0382. The van der Waals surface area contributed by atoms with Gasteiger partial charge in [0.05, 0.1) is 12.8 Å². The Labute approximate surface area is 177 Å². The van der Waals surface area contributed by atoms with Gasteiger partial charge >= 0.3 is 6.03 Å². The highest BCUT2D eigenvalue weighted by Gasteiger charge is 2.26. The van der Waals surface area contributed by atoms with Crippen molar-refractivity contribution in [3.8, 4) is 17.0 Å². The van der Waals surface area contributed by atoms with Gasteiger partial charge in [-0.3, -0.25) is 9.47 Å². The summed E-state index contributed by atoms with van der Waals surface area (Å²) in [5.41, 5.74) is 3.07. The maximum atomic E-state index is 13.0. The number of rotatable bonds is 5. The zero-order valence-corrected chi connectivity index (χ0v) is 17.6. The molecule has 3 aromatic rings. The standard InChI is InChI=1S/C24H28N4O2/c1-26(21-12-14-27(15-13-21)16-19-6-4-3-5-7-19)24(29)28-17-23(25-18-28)20-8-10-22(30-2)11-9-20/h3-11,17-18,21H,12-16H2,1-2H3. The Balaban J connectivity index is 1.34. The van der Waals surface area contributed by atoms with E-state index in [4.69, 9.17) is 4.74 Å². The summed E-state index contributed by atoms with van der Waals surface area (Å²) < 4.78 is 6.78. The minimum Gasteiger partial charge on any atom is -0.497 e. The Morgan fingerprint density at radius 2 is 1.80 bits per heavy atom. The number of carbonyl (C=O) groups excluding carboxylic acids is 1. The Morgan fingerprint density at radius 3 is 2.47 bits per heavy atom. The molecule has 0 radical (unpaired) electrons. The predicted molar refractivity (Wildman–Crippen MR) is 118 cm³/mol. The van der Waals surface area contributed by atoms with Crippen LogP contribution in [0.1, 0.15) is 18.4 Å². The number of amides is 1. The largest absolute Gasteiger partial charge is 0.497 e. The van der Waals surface area contributed by atoms with Gasteiger partial charge in [-0.15, -0.1) is 0 Å². The van der Waals surface area contributed by atoms with Gasteiger partial charge in [0.1, 0.15) is 12.1 Å². The zero-order chi connectivity index (χ0) is 20.9. The van der Waals surface area contributed by atoms with Crippen LogP contribution in [0, 0.1) is 0 Å². The number of likely N-dealkylation sites (tertiary alicyclic amines) is 1. The second kappa shape index (κ2) is 9.13. The van der Waals surface area contributed by atoms with Crippen molar-refractivity contribution in [2.45, 2.75) is 25.4 Å². The molecule has 1 aliphatic rings. The normalized spacial score (nSPS) is 15.1. The Hall–Kier alpha value is -3.12. The minimum atomic E-state index is -0.0382. The monoisotopic (exact) mass is 404 g/mol. The van der Waals surface area contributed by atoms with Crippen LogP contribution in [0.3, 0.4) is 0 Å². The van der Waals surface area contributed by atoms with E-state index in [9.17, 15) is 4.79 Å². The summed E-state index contributed by atoms with van der Waals surface area (Å²) in [4.78, 5) is 21.7. The second-order valence-electron chi connectivity index (χ2n) is 7.78. The number of piperidine rings is 1. The number of benzene rings is 2. The summed E-state index contributed by atoms with van der Waals surface area (Å²) in [7, 11) is 3.54. The molecule has 1 aliphatic heterocycles. The van der Waals surface area contributed by atoms with Gasteiger partial charge in [0, 0.05) is 44.5 Å². The Morgan fingerprint density at radius 1 is 1.10 bits per heavy atom. The lowest BCUT2D eigenvalue weighted by Crippen LogP contribution is -2.46. The average molecular weight is 405 g/mol. The van der Waals surface area contributed by atoms with Gasteiger partial charge in [-0.1, -0.05) is 30.3 Å². The van der Waals surface area contributed by atoms with Gasteiger partial charge < -0.3 is 9.64 Å². The van der Waals surface area contributed by atoms with Gasteiger partial charge in [0.15, 0.2) is 0 Å². The fraction of sp³-hybridized carbons (Fsp3) is 0.333. The molecule has 156 valence electrons. The number of methoxy groups -OCH3 is 1. The number of carbonyl (C=O) groups is 1. The third kappa shape index (κ3) is 4.54. The van der Waals surface area contributed by atoms with Gasteiger partial charge in [0.25, 0.3) is 0 Å². The number of hydrogen-bond donors (Lipinski definition) is 0. The molecule has 6 nitrogen and oxygen atoms in total. The summed E-state index contributed by atoms with van der Waals surface area (Å²) in [6.07, 6.45) is 5.36. The van der Waals surface area contributed by atoms with Crippen LogP contribution in [-0.2, 0) is 6.54 Å². The Bertz CT molecular complexity index is 960. The Kier molecular flexibility index (Phi) is 6.14. The van der Waals surface area contributed by atoms with E-state index in [1.54, 1.807) is 24.2 Å². The van der Waals surface area contributed by atoms with Crippen LogP contribution in [0.2, 0.25) is 0 Å². The van der Waals surface area contributed by atoms with E-state index >= 15 is 0 Å². The first-order valence-corrected chi connectivity index (χ1v) is 10.4. The molecule has 0 spiro atoms. The molecule has 6 heteroatoms. The highest BCUT2D eigenvalue weighted by atomic mass is 16.5. The van der Waals surface area contributed by atoms with Crippen molar-refractivity contribution in [1.29, 1.82) is 0 Å². The van der Waals surface area contributed by atoms with Gasteiger partial charge in [-0.2, -0.15) is 0 Å². The fourth-order valence-corrected chi connectivity index (χ4v) is 3.98. The summed E-state index contributed by atoms with van der Waals surface area (Å²) in [6.45, 7) is 2.97. The molecule has 4 rings (SSSR count). The first kappa shape index (κ1) is 20.2. The van der Waals surface area contributed by atoms with Crippen molar-refractivity contribution in [2.24, 2.45) is 0 Å². The lowest BCUT2D eigenvalue weighted by Gasteiger charge is -2.36. The SMILES string of the molecule is COc1ccc(-c2cn(C(=O)N(C)C3CCN(Cc4ccccc4)CC3)cn2)cc1. The van der Waals surface area contributed by atoms with Gasteiger partial charge in [0.2, 0.25) is 0 Å². The lowest BCUT2D eigenvalue weighted by atomic mass is 10.0. The number of aromatic nitrogens is 2. The summed E-state index contributed by atoms with van der Waals surface area (Å²) >= 11 is 0. The van der Waals surface area contributed by atoms with Crippen LogP contribution in [0.4, 0.5) is 4.79 Å². The van der Waals surface area contributed by atoms with Crippen molar-refractivity contribution in [3.63, 3.8) is 0 Å². The van der Waals surface area contributed by atoms with Gasteiger partial charge in [-0.05, 0) is 42.7 Å². The molecule has 1 saturated heterocycles. The molecule has 0 unspecified atom stereocenters. The van der Waals surface area contributed by atoms with Crippen LogP contribution in [-0.4, -0.2) is 58.7 Å². The molecule has 1 amide bonds. The highest BCUT2D eigenvalue weighted by Crippen LogP contribution is 2.22. The summed E-state index contributed by atoms with van der Waals surface area (Å²) in [5, 5.41) is 0. The number of ether oxygens (including phenoxy) is 1. The number of nitrogens with zero attached hydrogens (tertiary/aromatic N) is 4. The maximum Gasteiger partial charge on any atom is 0.329 e. The highest BCUT2D eigenvalue weighted by molar-refractivity contribution is 5.78. The molecule has 1 fully saturated rings. The van der Waals surface area contributed by atoms with Crippen molar-refractivity contribution in [2.75, 3.05) is 27.2 Å². The van der Waals surface area contributed by atoms with E-state index in [1.165, 1.54) is 5.56 Å². The zero-order valence-electron chi connectivity index (χ0n) is 17.6.